The van der Waals surface area contributed by atoms with Crippen molar-refractivity contribution in [2.24, 2.45) is 4.99 Å². The minimum Gasteiger partial charge on any atom is -0.485 e. The van der Waals surface area contributed by atoms with Crippen LogP contribution in [0, 0.1) is 11.5 Å². The highest BCUT2D eigenvalue weighted by molar-refractivity contribution is 6.30. The molecule has 0 radical (unpaired) electrons. The number of aliphatic imine (C=N–C) groups is 1. The van der Waals surface area contributed by atoms with Gasteiger partial charge in [0, 0.05) is 10.6 Å². The molecule has 0 aromatic heterocycles. The minimum absolute atomic E-state index is 0.431. The number of hydrogen-bond acceptors (Lipinski definition) is 4. The summed E-state index contributed by atoms with van der Waals surface area (Å²) in [7, 11) is 0. The molecule has 0 aliphatic carbocycles. The molecule has 2 rings (SSSR count). The summed E-state index contributed by atoms with van der Waals surface area (Å²) >= 11 is 6.00. The highest BCUT2D eigenvalue weighted by Gasteiger charge is 2.43. The third kappa shape index (κ3) is 2.72. The van der Waals surface area contributed by atoms with Gasteiger partial charge < -0.3 is 9.84 Å². The molecular formula is C14H16ClN3O2. The molecule has 2 atom stereocenters. The number of amidine groups is 1. The van der Waals surface area contributed by atoms with Crippen LogP contribution in [0.1, 0.15) is 32.4 Å². The Morgan fingerprint density at radius 1 is 1.55 bits per heavy atom. The Morgan fingerprint density at radius 2 is 2.25 bits per heavy atom. The zero-order valence-corrected chi connectivity index (χ0v) is 12.3. The van der Waals surface area contributed by atoms with Crippen molar-refractivity contribution in [1.82, 2.24) is 5.32 Å². The van der Waals surface area contributed by atoms with E-state index in [-0.39, 0.29) is 0 Å². The van der Waals surface area contributed by atoms with Crippen molar-refractivity contribution in [3.63, 3.8) is 0 Å². The van der Waals surface area contributed by atoms with Crippen LogP contribution < -0.4 is 10.1 Å². The van der Waals surface area contributed by atoms with Crippen molar-refractivity contribution in [3.8, 4) is 11.9 Å². The standard InChI is InChI=1S/C14H16ClN3O2/c1-8(17-7-16)18-12-10-6-9(15)4-5-11(10)20-14(2,3)13(12)19/h4-6,12-13,19H,1-3H3,(H,17,18)/t12-,13+/m0/s1. The van der Waals surface area contributed by atoms with Gasteiger partial charge in [-0.15, -0.1) is 0 Å². The van der Waals surface area contributed by atoms with Gasteiger partial charge in [-0.1, -0.05) is 11.6 Å². The largest absolute Gasteiger partial charge is 0.485 e. The van der Waals surface area contributed by atoms with E-state index < -0.39 is 17.7 Å². The number of benzene rings is 1. The fourth-order valence-corrected chi connectivity index (χ4v) is 2.38. The number of halogens is 1. The molecule has 2 N–H and O–H groups in total. The first-order chi connectivity index (χ1) is 9.35. The summed E-state index contributed by atoms with van der Waals surface area (Å²) in [4.78, 5) is 4.38. The number of hydrogen-bond donors (Lipinski definition) is 2. The highest BCUT2D eigenvalue weighted by Crippen LogP contribution is 2.42. The van der Waals surface area contributed by atoms with Gasteiger partial charge in [0.2, 0.25) is 0 Å². The first-order valence-electron chi connectivity index (χ1n) is 6.21. The fraction of sp³-hybridized carbons (Fsp3) is 0.429. The molecule has 0 spiro atoms. The van der Waals surface area contributed by atoms with Gasteiger partial charge in [0.25, 0.3) is 0 Å². The molecule has 0 amide bonds. The number of nitriles is 1. The summed E-state index contributed by atoms with van der Waals surface area (Å²) in [5, 5.41) is 22.1. The smallest absolute Gasteiger partial charge is 0.182 e. The van der Waals surface area contributed by atoms with Crippen LogP contribution in [0.2, 0.25) is 5.02 Å². The molecule has 0 saturated heterocycles. The number of ether oxygens (including phenoxy) is 1. The summed E-state index contributed by atoms with van der Waals surface area (Å²) in [5.74, 6) is 1.07. The van der Waals surface area contributed by atoms with Crippen LogP contribution in [0.15, 0.2) is 23.2 Å². The van der Waals surface area contributed by atoms with E-state index in [0.717, 1.165) is 0 Å². The average Bonchev–Trinajstić information content (AvgIpc) is 2.36. The van der Waals surface area contributed by atoms with Crippen molar-refractivity contribution in [2.45, 2.75) is 38.5 Å². The quantitative estimate of drug-likeness (QED) is 0.361. The van der Waals surface area contributed by atoms with E-state index in [9.17, 15) is 5.11 Å². The molecule has 1 aromatic rings. The van der Waals surface area contributed by atoms with E-state index in [1.165, 1.54) is 0 Å². The van der Waals surface area contributed by atoms with E-state index >= 15 is 0 Å². The summed E-state index contributed by atoms with van der Waals surface area (Å²) < 4.78 is 5.80. The van der Waals surface area contributed by atoms with E-state index in [2.05, 4.69) is 10.3 Å². The Labute approximate surface area is 122 Å². The lowest BCUT2D eigenvalue weighted by Gasteiger charge is -2.40. The molecule has 5 nitrogen and oxygen atoms in total. The Morgan fingerprint density at radius 3 is 2.90 bits per heavy atom. The maximum atomic E-state index is 10.5. The van der Waals surface area contributed by atoms with E-state index in [1.54, 1.807) is 39.0 Å². The Bertz CT molecular complexity index is 593. The molecule has 0 bridgehead atoms. The third-order valence-corrected chi connectivity index (χ3v) is 3.48. The summed E-state index contributed by atoms with van der Waals surface area (Å²) in [6.45, 7) is 5.26. The minimum atomic E-state index is -0.844. The number of nitrogens with one attached hydrogen (secondary N) is 1. The lowest BCUT2D eigenvalue weighted by Crippen LogP contribution is -2.48. The SMILES string of the molecule is CC(=N[C@H]1c2cc(Cl)ccc2OC(C)(C)[C@@H]1O)NC#N. The molecule has 6 heteroatoms. The number of fused-ring (bicyclic) bond motifs is 1. The molecule has 1 aliphatic rings. The van der Waals surface area contributed by atoms with Gasteiger partial charge in [0.15, 0.2) is 6.19 Å². The van der Waals surface area contributed by atoms with E-state index in [1.807, 2.05) is 6.19 Å². The first kappa shape index (κ1) is 14.6. The maximum Gasteiger partial charge on any atom is 0.182 e. The second-order valence-electron chi connectivity index (χ2n) is 5.23. The Balaban J connectivity index is 2.51. The number of nitrogens with zero attached hydrogens (tertiary/aromatic N) is 2. The van der Waals surface area contributed by atoms with Crippen LogP contribution in [0.3, 0.4) is 0 Å². The topological polar surface area (TPSA) is 77.6 Å². The van der Waals surface area contributed by atoms with Crippen LogP contribution in [0.25, 0.3) is 0 Å². The van der Waals surface area contributed by atoms with Crippen LogP contribution >= 0.6 is 11.6 Å². The van der Waals surface area contributed by atoms with Crippen LogP contribution in [0.5, 0.6) is 5.75 Å². The third-order valence-electron chi connectivity index (χ3n) is 3.24. The summed E-state index contributed by atoms with van der Waals surface area (Å²) in [6.07, 6.45) is 0.965. The first-order valence-corrected chi connectivity index (χ1v) is 6.59. The van der Waals surface area contributed by atoms with Gasteiger partial charge in [0.05, 0.1) is 0 Å². The van der Waals surface area contributed by atoms with E-state index in [0.29, 0.717) is 22.2 Å². The molecule has 1 heterocycles. The molecule has 0 saturated carbocycles. The molecule has 106 valence electrons. The number of aliphatic hydroxyl groups excluding tert-OH is 1. The lowest BCUT2D eigenvalue weighted by atomic mass is 9.87. The number of rotatable bonds is 1. The maximum absolute atomic E-state index is 10.5. The predicted molar refractivity (Wildman–Crippen MR) is 76.8 cm³/mol. The van der Waals surface area contributed by atoms with Gasteiger partial charge in [-0.05, 0) is 39.0 Å². The molecule has 1 aromatic carbocycles. The normalized spacial score (nSPS) is 24.3. The van der Waals surface area contributed by atoms with Gasteiger partial charge in [-0.2, -0.15) is 5.26 Å². The molecular weight excluding hydrogens is 278 g/mol. The van der Waals surface area contributed by atoms with Gasteiger partial charge in [-0.3, -0.25) is 10.3 Å². The zero-order chi connectivity index (χ0) is 14.9. The molecule has 1 aliphatic heterocycles. The number of aliphatic hydroxyl groups is 1. The van der Waals surface area contributed by atoms with Crippen molar-refractivity contribution < 1.29 is 9.84 Å². The van der Waals surface area contributed by atoms with Crippen molar-refractivity contribution in [2.75, 3.05) is 0 Å². The molecule has 0 unspecified atom stereocenters. The average molecular weight is 294 g/mol. The second kappa shape index (κ2) is 5.31. The van der Waals surface area contributed by atoms with Crippen LogP contribution in [0.4, 0.5) is 0 Å². The highest BCUT2D eigenvalue weighted by atomic mass is 35.5. The van der Waals surface area contributed by atoms with Crippen LogP contribution in [-0.4, -0.2) is 22.6 Å². The Kier molecular flexibility index (Phi) is 3.89. The van der Waals surface area contributed by atoms with Crippen LogP contribution in [-0.2, 0) is 0 Å². The van der Waals surface area contributed by atoms with Gasteiger partial charge in [-0.25, -0.2) is 0 Å². The lowest BCUT2D eigenvalue weighted by molar-refractivity contribution is -0.0567. The zero-order valence-electron chi connectivity index (χ0n) is 11.5. The van der Waals surface area contributed by atoms with Gasteiger partial charge >= 0.3 is 0 Å². The monoisotopic (exact) mass is 293 g/mol. The summed E-state index contributed by atoms with van der Waals surface area (Å²) in [6, 6.07) is 4.69. The van der Waals surface area contributed by atoms with Gasteiger partial charge in [0.1, 0.15) is 29.3 Å². The predicted octanol–water partition coefficient (Wildman–Crippen LogP) is 2.40. The second-order valence-corrected chi connectivity index (χ2v) is 5.67. The van der Waals surface area contributed by atoms with Crippen molar-refractivity contribution in [1.29, 1.82) is 5.26 Å². The van der Waals surface area contributed by atoms with Crippen molar-refractivity contribution >= 4 is 17.4 Å². The Hall–Kier alpha value is -1.77. The molecule has 0 fully saturated rings. The van der Waals surface area contributed by atoms with Crippen molar-refractivity contribution in [3.05, 3.63) is 28.8 Å². The summed E-state index contributed by atoms with van der Waals surface area (Å²) in [5.41, 5.74) is -0.0644. The fourth-order valence-electron chi connectivity index (χ4n) is 2.20. The molecule has 20 heavy (non-hydrogen) atoms. The van der Waals surface area contributed by atoms with E-state index in [4.69, 9.17) is 21.6 Å².